The van der Waals surface area contributed by atoms with Crippen LogP contribution in [0.25, 0.3) is 0 Å². The highest BCUT2D eigenvalue weighted by Crippen LogP contribution is 2.15. The van der Waals surface area contributed by atoms with Crippen LogP contribution in [0.1, 0.15) is 18.4 Å². The maximum Gasteiger partial charge on any atom is 0.227 e. The SMILES string of the molecule is CCc1nnc(NC(=O)CCNC)s1. The number of nitrogens with one attached hydrogen (secondary N) is 2. The predicted octanol–water partition coefficient (Wildman–Crippen LogP) is 0.648. The molecule has 2 N–H and O–H groups in total. The van der Waals surface area contributed by atoms with Gasteiger partial charge in [-0.15, -0.1) is 10.2 Å². The van der Waals surface area contributed by atoms with Crippen LogP contribution in [0, 0.1) is 0 Å². The molecule has 1 aromatic rings. The zero-order valence-electron chi connectivity index (χ0n) is 8.33. The van der Waals surface area contributed by atoms with Gasteiger partial charge in [-0.05, 0) is 13.5 Å². The van der Waals surface area contributed by atoms with Crippen LogP contribution in [0.15, 0.2) is 0 Å². The van der Waals surface area contributed by atoms with Gasteiger partial charge >= 0.3 is 0 Å². The third-order valence-corrected chi connectivity index (χ3v) is 2.60. The first-order valence-corrected chi connectivity index (χ1v) is 5.34. The lowest BCUT2D eigenvalue weighted by Crippen LogP contribution is -2.18. The minimum Gasteiger partial charge on any atom is -0.319 e. The number of hydrogen-bond acceptors (Lipinski definition) is 5. The van der Waals surface area contributed by atoms with E-state index in [1.54, 1.807) is 0 Å². The summed E-state index contributed by atoms with van der Waals surface area (Å²) in [7, 11) is 1.81. The Morgan fingerprint density at radius 1 is 1.50 bits per heavy atom. The largest absolute Gasteiger partial charge is 0.319 e. The highest BCUT2D eigenvalue weighted by atomic mass is 32.1. The smallest absolute Gasteiger partial charge is 0.227 e. The number of carbonyl (C=O) groups excluding carboxylic acids is 1. The van der Waals surface area contributed by atoms with E-state index in [1.165, 1.54) is 11.3 Å². The average molecular weight is 214 g/mol. The van der Waals surface area contributed by atoms with E-state index in [4.69, 9.17) is 0 Å². The Kier molecular flexibility index (Phi) is 4.48. The number of rotatable bonds is 5. The first-order chi connectivity index (χ1) is 6.76. The van der Waals surface area contributed by atoms with Gasteiger partial charge in [0.05, 0.1) is 0 Å². The molecular weight excluding hydrogens is 200 g/mol. The van der Waals surface area contributed by atoms with E-state index < -0.39 is 0 Å². The zero-order chi connectivity index (χ0) is 10.4. The third-order valence-electron chi connectivity index (χ3n) is 1.62. The normalized spacial score (nSPS) is 10.1. The van der Waals surface area contributed by atoms with Crippen molar-refractivity contribution in [2.24, 2.45) is 0 Å². The van der Waals surface area contributed by atoms with Gasteiger partial charge in [-0.25, -0.2) is 0 Å². The fourth-order valence-electron chi connectivity index (χ4n) is 0.867. The summed E-state index contributed by atoms with van der Waals surface area (Å²) in [5.74, 6) is -0.0295. The van der Waals surface area contributed by atoms with Crippen molar-refractivity contribution >= 4 is 22.4 Å². The quantitative estimate of drug-likeness (QED) is 0.755. The summed E-state index contributed by atoms with van der Waals surface area (Å²) in [6.45, 7) is 2.68. The van der Waals surface area contributed by atoms with Crippen LogP contribution < -0.4 is 10.6 Å². The molecule has 0 aliphatic carbocycles. The van der Waals surface area contributed by atoms with Crippen molar-refractivity contribution < 1.29 is 4.79 Å². The van der Waals surface area contributed by atoms with Gasteiger partial charge in [0.15, 0.2) is 0 Å². The van der Waals surface area contributed by atoms with E-state index in [0.29, 0.717) is 18.1 Å². The van der Waals surface area contributed by atoms with Crippen molar-refractivity contribution in [3.63, 3.8) is 0 Å². The summed E-state index contributed by atoms with van der Waals surface area (Å²) in [5, 5.41) is 14.9. The van der Waals surface area contributed by atoms with Gasteiger partial charge in [0.1, 0.15) is 5.01 Å². The molecule has 0 atom stereocenters. The molecule has 14 heavy (non-hydrogen) atoms. The van der Waals surface area contributed by atoms with Crippen molar-refractivity contribution in [1.29, 1.82) is 0 Å². The van der Waals surface area contributed by atoms with Gasteiger partial charge in [-0.3, -0.25) is 4.79 Å². The van der Waals surface area contributed by atoms with Crippen LogP contribution in [-0.4, -0.2) is 29.7 Å². The predicted molar refractivity (Wildman–Crippen MR) is 56.5 cm³/mol. The molecule has 1 amide bonds. The Morgan fingerprint density at radius 3 is 2.86 bits per heavy atom. The molecule has 0 aliphatic heterocycles. The lowest BCUT2D eigenvalue weighted by molar-refractivity contribution is -0.116. The van der Waals surface area contributed by atoms with Crippen LogP contribution in [0.3, 0.4) is 0 Å². The number of nitrogens with zero attached hydrogens (tertiary/aromatic N) is 2. The second-order valence-corrected chi connectivity index (χ2v) is 3.82. The van der Waals surface area contributed by atoms with Crippen molar-refractivity contribution in [2.75, 3.05) is 18.9 Å². The van der Waals surface area contributed by atoms with E-state index in [1.807, 2.05) is 14.0 Å². The molecule has 5 nitrogen and oxygen atoms in total. The first kappa shape index (κ1) is 11.1. The Balaban J connectivity index is 2.39. The molecule has 1 heterocycles. The van der Waals surface area contributed by atoms with Crippen LogP contribution in [0.5, 0.6) is 0 Å². The van der Waals surface area contributed by atoms with Gasteiger partial charge < -0.3 is 10.6 Å². The second-order valence-electron chi connectivity index (χ2n) is 2.76. The summed E-state index contributed by atoms with van der Waals surface area (Å²) in [6.07, 6.45) is 1.31. The van der Waals surface area contributed by atoms with Crippen molar-refractivity contribution in [3.05, 3.63) is 5.01 Å². The molecule has 0 bridgehead atoms. The number of aryl methyl sites for hydroxylation is 1. The van der Waals surface area contributed by atoms with Crippen LogP contribution >= 0.6 is 11.3 Å². The fourth-order valence-corrected chi connectivity index (χ4v) is 1.56. The van der Waals surface area contributed by atoms with Gasteiger partial charge in [-0.2, -0.15) is 0 Å². The summed E-state index contributed by atoms with van der Waals surface area (Å²) >= 11 is 1.42. The second kappa shape index (κ2) is 5.66. The maximum absolute atomic E-state index is 11.3. The molecule has 1 rings (SSSR count). The highest BCUT2D eigenvalue weighted by molar-refractivity contribution is 7.15. The number of aromatic nitrogens is 2. The van der Waals surface area contributed by atoms with Crippen molar-refractivity contribution in [3.8, 4) is 0 Å². The number of hydrogen-bond donors (Lipinski definition) is 2. The van der Waals surface area contributed by atoms with E-state index in [9.17, 15) is 4.79 Å². The third kappa shape index (κ3) is 3.39. The molecule has 6 heteroatoms. The Hall–Kier alpha value is -1.01. The van der Waals surface area contributed by atoms with Crippen LogP contribution in [0.4, 0.5) is 5.13 Å². The van der Waals surface area contributed by atoms with Gasteiger partial charge in [0.2, 0.25) is 11.0 Å². The number of anilines is 1. The molecule has 0 aliphatic rings. The van der Waals surface area contributed by atoms with E-state index in [-0.39, 0.29) is 5.91 Å². The molecule has 1 aromatic heterocycles. The summed E-state index contributed by atoms with van der Waals surface area (Å²) in [5.41, 5.74) is 0. The molecule has 0 radical (unpaired) electrons. The van der Waals surface area contributed by atoms with Gasteiger partial charge in [0.25, 0.3) is 0 Å². The topological polar surface area (TPSA) is 66.9 Å². The molecule has 78 valence electrons. The van der Waals surface area contributed by atoms with Crippen molar-refractivity contribution in [1.82, 2.24) is 15.5 Å². The minimum atomic E-state index is -0.0295. The molecule has 0 unspecified atom stereocenters. The minimum absolute atomic E-state index is 0.0295. The lowest BCUT2D eigenvalue weighted by Gasteiger charge is -1.99. The number of amides is 1. The molecule has 0 fully saturated rings. The van der Waals surface area contributed by atoms with E-state index in [2.05, 4.69) is 20.8 Å². The Bertz CT molecular complexity index is 299. The molecule has 0 aromatic carbocycles. The fraction of sp³-hybridized carbons (Fsp3) is 0.625. The lowest BCUT2D eigenvalue weighted by atomic mass is 10.4. The monoisotopic (exact) mass is 214 g/mol. The maximum atomic E-state index is 11.3. The Labute approximate surface area is 86.9 Å². The first-order valence-electron chi connectivity index (χ1n) is 4.53. The average Bonchev–Trinajstić information content (AvgIpc) is 2.62. The van der Waals surface area contributed by atoms with Crippen LogP contribution in [-0.2, 0) is 11.2 Å². The molecule has 0 saturated carbocycles. The summed E-state index contributed by atoms with van der Waals surface area (Å²) in [6, 6.07) is 0. The zero-order valence-corrected chi connectivity index (χ0v) is 9.15. The number of carbonyl (C=O) groups is 1. The highest BCUT2D eigenvalue weighted by Gasteiger charge is 2.05. The van der Waals surface area contributed by atoms with Gasteiger partial charge in [-0.1, -0.05) is 18.3 Å². The summed E-state index contributed by atoms with van der Waals surface area (Å²) in [4.78, 5) is 11.3. The molecule has 0 saturated heterocycles. The van der Waals surface area contributed by atoms with E-state index >= 15 is 0 Å². The van der Waals surface area contributed by atoms with Crippen LogP contribution in [0.2, 0.25) is 0 Å². The molecule has 0 spiro atoms. The van der Waals surface area contributed by atoms with Crippen molar-refractivity contribution in [2.45, 2.75) is 19.8 Å². The van der Waals surface area contributed by atoms with E-state index in [0.717, 1.165) is 11.4 Å². The summed E-state index contributed by atoms with van der Waals surface area (Å²) < 4.78 is 0. The standard InChI is InChI=1S/C8H14N4OS/c1-3-7-11-12-8(14-7)10-6(13)4-5-9-2/h9H,3-5H2,1-2H3,(H,10,12,13). The Morgan fingerprint density at radius 2 is 2.29 bits per heavy atom. The van der Waals surface area contributed by atoms with Gasteiger partial charge in [0, 0.05) is 13.0 Å². The molecular formula is C8H14N4OS.